The second kappa shape index (κ2) is 5.57. The van der Waals surface area contributed by atoms with Crippen LogP contribution in [0, 0.1) is 6.92 Å². The van der Waals surface area contributed by atoms with Crippen molar-refractivity contribution in [2.24, 2.45) is 7.05 Å². The number of aromatic nitrogens is 2. The molecule has 3 heteroatoms. The Morgan fingerprint density at radius 2 is 1.68 bits per heavy atom. The molecule has 0 saturated carbocycles. The van der Waals surface area contributed by atoms with Gasteiger partial charge in [-0.15, -0.1) is 0 Å². The molecule has 0 radical (unpaired) electrons. The van der Waals surface area contributed by atoms with Crippen LogP contribution in [0.3, 0.4) is 0 Å². The molecular formula is C16H23N3. The minimum atomic E-state index is 0.204. The van der Waals surface area contributed by atoms with E-state index in [4.69, 9.17) is 0 Å². The van der Waals surface area contributed by atoms with Gasteiger partial charge in [0.05, 0.1) is 11.7 Å². The summed E-state index contributed by atoms with van der Waals surface area (Å²) in [5.74, 6) is 0.571. The third-order valence-electron chi connectivity index (χ3n) is 3.59. The van der Waals surface area contributed by atoms with Gasteiger partial charge < -0.3 is 5.32 Å². The number of hydrogen-bond donors (Lipinski definition) is 1. The van der Waals surface area contributed by atoms with Gasteiger partial charge in [-0.2, -0.15) is 5.10 Å². The van der Waals surface area contributed by atoms with Crippen molar-refractivity contribution in [1.82, 2.24) is 15.1 Å². The smallest absolute Gasteiger partial charge is 0.0644 e. The largest absolute Gasteiger partial charge is 0.309 e. The van der Waals surface area contributed by atoms with Crippen LogP contribution in [0.2, 0.25) is 0 Å². The minimum absolute atomic E-state index is 0.204. The average molecular weight is 257 g/mol. The van der Waals surface area contributed by atoms with E-state index in [9.17, 15) is 0 Å². The van der Waals surface area contributed by atoms with Crippen LogP contribution in [0.25, 0.3) is 0 Å². The molecule has 0 aliphatic carbocycles. The lowest BCUT2D eigenvalue weighted by Crippen LogP contribution is -2.18. The predicted molar refractivity (Wildman–Crippen MR) is 79.4 cm³/mol. The fourth-order valence-electron chi connectivity index (χ4n) is 2.48. The molecule has 1 heterocycles. The average Bonchev–Trinajstić information content (AvgIpc) is 2.70. The monoisotopic (exact) mass is 257 g/mol. The zero-order chi connectivity index (χ0) is 14.0. The van der Waals surface area contributed by atoms with Crippen molar-refractivity contribution in [1.29, 1.82) is 0 Å². The minimum Gasteiger partial charge on any atom is -0.309 e. The molecule has 19 heavy (non-hydrogen) atoms. The molecule has 1 aromatic heterocycles. The van der Waals surface area contributed by atoms with E-state index < -0.39 is 0 Å². The molecule has 1 atom stereocenters. The molecule has 0 aliphatic heterocycles. The second-order valence-corrected chi connectivity index (χ2v) is 5.39. The first-order chi connectivity index (χ1) is 9.02. The van der Waals surface area contributed by atoms with Crippen molar-refractivity contribution >= 4 is 0 Å². The molecule has 0 amide bonds. The molecule has 1 unspecified atom stereocenters. The quantitative estimate of drug-likeness (QED) is 0.911. The molecular weight excluding hydrogens is 234 g/mol. The van der Waals surface area contributed by atoms with E-state index in [-0.39, 0.29) is 6.04 Å². The Morgan fingerprint density at radius 1 is 1.11 bits per heavy atom. The van der Waals surface area contributed by atoms with Crippen LogP contribution in [0.15, 0.2) is 30.5 Å². The summed E-state index contributed by atoms with van der Waals surface area (Å²) in [4.78, 5) is 0. The Balaban J connectivity index is 2.34. The van der Waals surface area contributed by atoms with Crippen LogP contribution in [-0.2, 0) is 7.05 Å². The normalized spacial score (nSPS) is 12.9. The summed E-state index contributed by atoms with van der Waals surface area (Å²) >= 11 is 0. The van der Waals surface area contributed by atoms with Crippen molar-refractivity contribution in [3.63, 3.8) is 0 Å². The van der Waals surface area contributed by atoms with E-state index in [0.29, 0.717) is 5.92 Å². The molecule has 0 fully saturated rings. The molecule has 1 N–H and O–H groups in total. The Labute approximate surface area is 115 Å². The summed E-state index contributed by atoms with van der Waals surface area (Å²) in [6, 6.07) is 9.06. The van der Waals surface area contributed by atoms with Crippen molar-refractivity contribution in [2.45, 2.75) is 32.7 Å². The summed E-state index contributed by atoms with van der Waals surface area (Å²) in [6.07, 6.45) is 2.09. The van der Waals surface area contributed by atoms with Crippen LogP contribution in [0.5, 0.6) is 0 Å². The number of hydrogen-bond acceptors (Lipinski definition) is 2. The number of rotatable bonds is 4. The summed E-state index contributed by atoms with van der Waals surface area (Å²) in [6.45, 7) is 6.49. The highest BCUT2D eigenvalue weighted by Crippen LogP contribution is 2.25. The van der Waals surface area contributed by atoms with E-state index in [1.54, 1.807) is 0 Å². The molecule has 0 aliphatic rings. The first-order valence-corrected chi connectivity index (χ1v) is 6.80. The zero-order valence-corrected chi connectivity index (χ0v) is 12.4. The van der Waals surface area contributed by atoms with Crippen LogP contribution in [0.4, 0.5) is 0 Å². The predicted octanol–water partition coefficient (Wildman–Crippen LogP) is 3.16. The van der Waals surface area contributed by atoms with Gasteiger partial charge >= 0.3 is 0 Å². The van der Waals surface area contributed by atoms with Crippen molar-refractivity contribution in [3.05, 3.63) is 52.8 Å². The number of nitrogens with zero attached hydrogens (tertiary/aromatic N) is 2. The summed E-state index contributed by atoms with van der Waals surface area (Å²) in [7, 11) is 3.96. The second-order valence-electron chi connectivity index (χ2n) is 5.39. The van der Waals surface area contributed by atoms with Crippen molar-refractivity contribution in [2.75, 3.05) is 7.05 Å². The highest BCUT2D eigenvalue weighted by atomic mass is 15.3. The van der Waals surface area contributed by atoms with E-state index in [2.05, 4.69) is 61.6 Å². The molecule has 3 nitrogen and oxygen atoms in total. The van der Waals surface area contributed by atoms with E-state index in [1.165, 1.54) is 16.7 Å². The Morgan fingerprint density at radius 3 is 2.11 bits per heavy atom. The van der Waals surface area contributed by atoms with Gasteiger partial charge in [-0.25, -0.2) is 0 Å². The third-order valence-corrected chi connectivity index (χ3v) is 3.59. The van der Waals surface area contributed by atoms with Gasteiger partial charge in [0.1, 0.15) is 0 Å². The van der Waals surface area contributed by atoms with Gasteiger partial charge in [-0.1, -0.05) is 38.1 Å². The molecule has 2 rings (SSSR count). The van der Waals surface area contributed by atoms with Crippen molar-refractivity contribution in [3.8, 4) is 0 Å². The highest BCUT2D eigenvalue weighted by molar-refractivity contribution is 5.35. The van der Waals surface area contributed by atoms with Crippen LogP contribution in [-0.4, -0.2) is 16.8 Å². The van der Waals surface area contributed by atoms with Crippen LogP contribution < -0.4 is 5.32 Å². The summed E-state index contributed by atoms with van der Waals surface area (Å²) < 4.78 is 1.87. The van der Waals surface area contributed by atoms with Gasteiger partial charge in [-0.05, 0) is 31.0 Å². The van der Waals surface area contributed by atoms with Gasteiger partial charge in [0.25, 0.3) is 0 Å². The van der Waals surface area contributed by atoms with E-state index in [1.807, 2.05) is 18.8 Å². The van der Waals surface area contributed by atoms with E-state index in [0.717, 1.165) is 5.69 Å². The van der Waals surface area contributed by atoms with Gasteiger partial charge in [0.2, 0.25) is 0 Å². The SMILES string of the molecule is CNC(c1ccc(C(C)C)cc1)c1cn(C)nc1C. The lowest BCUT2D eigenvalue weighted by molar-refractivity contribution is 0.686. The first kappa shape index (κ1) is 13.8. The Bertz CT molecular complexity index is 538. The number of aryl methyl sites for hydroxylation is 2. The maximum Gasteiger partial charge on any atom is 0.0644 e. The molecule has 1 aromatic carbocycles. The molecule has 0 saturated heterocycles. The van der Waals surface area contributed by atoms with Gasteiger partial charge in [0.15, 0.2) is 0 Å². The van der Waals surface area contributed by atoms with Crippen LogP contribution >= 0.6 is 0 Å². The molecule has 0 spiro atoms. The maximum absolute atomic E-state index is 4.43. The van der Waals surface area contributed by atoms with Crippen LogP contribution in [0.1, 0.15) is 48.2 Å². The Hall–Kier alpha value is -1.61. The lowest BCUT2D eigenvalue weighted by atomic mass is 9.96. The maximum atomic E-state index is 4.43. The van der Waals surface area contributed by atoms with E-state index >= 15 is 0 Å². The first-order valence-electron chi connectivity index (χ1n) is 6.80. The number of nitrogens with one attached hydrogen (secondary N) is 1. The molecule has 0 bridgehead atoms. The topological polar surface area (TPSA) is 29.9 Å². The van der Waals surface area contributed by atoms with Gasteiger partial charge in [0, 0.05) is 18.8 Å². The fourth-order valence-corrected chi connectivity index (χ4v) is 2.48. The summed E-state index contributed by atoms with van der Waals surface area (Å²) in [5, 5.41) is 7.81. The molecule has 102 valence electrons. The molecule has 2 aromatic rings. The number of benzene rings is 1. The summed E-state index contributed by atoms with van der Waals surface area (Å²) in [5.41, 5.74) is 4.97. The van der Waals surface area contributed by atoms with Crippen molar-refractivity contribution < 1.29 is 0 Å². The fraction of sp³-hybridized carbons (Fsp3) is 0.438. The van der Waals surface area contributed by atoms with Gasteiger partial charge in [-0.3, -0.25) is 4.68 Å². The standard InChI is InChI=1S/C16H23N3/c1-11(2)13-6-8-14(9-7-13)16(17-4)15-10-19(5)18-12(15)3/h6-11,16-17H,1-5H3. The highest BCUT2D eigenvalue weighted by Gasteiger charge is 2.16. The Kier molecular flexibility index (Phi) is 4.05. The zero-order valence-electron chi connectivity index (χ0n) is 12.4. The third kappa shape index (κ3) is 2.87. The lowest BCUT2D eigenvalue weighted by Gasteiger charge is -2.17.